The number of nitrogens with two attached hydrogens (primary N) is 1. The molecule has 0 bridgehead atoms. The summed E-state index contributed by atoms with van der Waals surface area (Å²) >= 11 is 6.25. The van der Waals surface area contributed by atoms with Gasteiger partial charge >= 0.3 is 0 Å². The van der Waals surface area contributed by atoms with Gasteiger partial charge in [-0.05, 0) is 55.0 Å². The molecule has 0 amide bonds. The fourth-order valence-electron chi connectivity index (χ4n) is 5.02. The van der Waals surface area contributed by atoms with Gasteiger partial charge in [0.15, 0.2) is 0 Å². The molecule has 2 aromatic heterocycles. The Kier molecular flexibility index (Phi) is 9.36. The topological polar surface area (TPSA) is 78.7 Å². The van der Waals surface area contributed by atoms with Crippen LogP contribution in [0.25, 0.3) is 11.3 Å². The molecule has 0 radical (unpaired) electrons. The largest absolute Gasteiger partial charge is 0.330 e. The molecule has 2 aromatic carbocycles. The van der Waals surface area contributed by atoms with Crippen molar-refractivity contribution in [3.63, 3.8) is 0 Å². The Bertz CT molecular complexity index is 1330. The van der Waals surface area contributed by atoms with Crippen molar-refractivity contribution in [2.75, 3.05) is 6.54 Å². The molecule has 9 heteroatoms. The molecule has 1 aliphatic carbocycles. The van der Waals surface area contributed by atoms with Gasteiger partial charge in [0.25, 0.3) is 5.56 Å². The summed E-state index contributed by atoms with van der Waals surface area (Å²) in [7, 11) is 0. The molecular weight excluding hydrogens is 517 g/mol. The zero-order valence-electron chi connectivity index (χ0n) is 19.8. The van der Waals surface area contributed by atoms with Crippen LogP contribution in [-0.2, 0) is 12.0 Å². The highest BCUT2D eigenvalue weighted by Gasteiger charge is 2.37. The minimum absolute atomic E-state index is 0. The minimum atomic E-state index is -0.110. The van der Waals surface area contributed by atoms with E-state index in [2.05, 4.69) is 23.3 Å². The number of rotatable bonds is 6. The zero-order valence-corrected chi connectivity index (χ0v) is 22.2. The first kappa shape index (κ1) is 27.9. The van der Waals surface area contributed by atoms with E-state index in [9.17, 15) is 4.79 Å². The van der Waals surface area contributed by atoms with Crippen molar-refractivity contribution in [2.45, 2.75) is 43.7 Å². The van der Waals surface area contributed by atoms with Crippen molar-refractivity contribution in [1.29, 1.82) is 0 Å². The van der Waals surface area contributed by atoms with E-state index in [1.165, 1.54) is 11.1 Å². The fraction of sp³-hybridized carbons (Fsp3) is 0.296. The molecule has 190 valence electrons. The van der Waals surface area contributed by atoms with Crippen LogP contribution in [0.3, 0.4) is 0 Å². The van der Waals surface area contributed by atoms with Crippen molar-refractivity contribution in [2.24, 2.45) is 5.73 Å². The van der Waals surface area contributed by atoms with E-state index in [0.717, 1.165) is 42.0 Å². The Morgan fingerprint density at radius 1 is 1.00 bits per heavy atom. The highest BCUT2D eigenvalue weighted by Crippen LogP contribution is 2.42. The van der Waals surface area contributed by atoms with Crippen LogP contribution in [0.4, 0.5) is 0 Å². The van der Waals surface area contributed by atoms with Gasteiger partial charge < -0.3 is 5.73 Å². The number of hydrogen-bond donors (Lipinski definition) is 1. The molecule has 0 atom stereocenters. The summed E-state index contributed by atoms with van der Waals surface area (Å²) in [6.45, 7) is 1.25. The van der Waals surface area contributed by atoms with Crippen molar-refractivity contribution in [3.8, 4) is 11.3 Å². The lowest BCUT2D eigenvalue weighted by atomic mass is 9.68. The third-order valence-corrected chi connectivity index (χ3v) is 7.26. The van der Waals surface area contributed by atoms with Gasteiger partial charge in [0.2, 0.25) is 0 Å². The van der Waals surface area contributed by atoms with Crippen LogP contribution in [-0.4, -0.2) is 26.1 Å². The predicted molar refractivity (Wildman–Crippen MR) is 149 cm³/mol. The molecule has 5 rings (SSSR count). The van der Waals surface area contributed by atoms with Crippen LogP contribution >= 0.6 is 36.4 Å². The van der Waals surface area contributed by atoms with E-state index in [0.29, 0.717) is 13.1 Å². The van der Waals surface area contributed by atoms with E-state index in [1.54, 1.807) is 23.0 Å². The lowest BCUT2D eigenvalue weighted by Crippen LogP contribution is -2.41. The molecule has 1 fully saturated rings. The van der Waals surface area contributed by atoms with Crippen LogP contribution in [0, 0.1) is 0 Å². The quantitative estimate of drug-likeness (QED) is 0.338. The molecule has 1 saturated carbocycles. The molecular formula is C27H30Cl3N5O. The molecule has 36 heavy (non-hydrogen) atoms. The molecule has 0 spiro atoms. The molecule has 0 aliphatic heterocycles. The molecule has 2 N–H and O–H groups in total. The first-order valence-corrected chi connectivity index (χ1v) is 12.1. The standard InChI is InChI=1S/C27H28ClN5O.2ClH/c28-23-8-4-7-22(15-23)27(19-29)13-11-24(12-14-27)33-26(34)10-9-25(31-33)21-16-30-32(18-21)17-20-5-2-1-3-6-20;;/h1-10,15-16,18,24H,11-14,17,19,29H2;2*1H/t24-,27-;;. The number of halogens is 3. The van der Waals surface area contributed by atoms with Gasteiger partial charge in [-0.3, -0.25) is 9.48 Å². The highest BCUT2D eigenvalue weighted by atomic mass is 35.5. The summed E-state index contributed by atoms with van der Waals surface area (Å²) in [5.41, 5.74) is 10.1. The van der Waals surface area contributed by atoms with Gasteiger partial charge in [-0.2, -0.15) is 10.2 Å². The molecule has 1 aliphatic rings. The summed E-state index contributed by atoms with van der Waals surface area (Å²) in [6, 6.07) is 21.6. The average molecular weight is 547 g/mol. The van der Waals surface area contributed by atoms with Gasteiger partial charge in [-0.1, -0.05) is 54.1 Å². The lowest BCUT2D eigenvalue weighted by molar-refractivity contribution is 0.222. The van der Waals surface area contributed by atoms with Crippen molar-refractivity contribution in [3.05, 3.63) is 106 Å². The third kappa shape index (κ3) is 5.84. The van der Waals surface area contributed by atoms with E-state index in [1.807, 2.05) is 47.3 Å². The van der Waals surface area contributed by atoms with E-state index in [-0.39, 0.29) is 41.8 Å². The number of nitrogens with zero attached hydrogens (tertiary/aromatic N) is 4. The van der Waals surface area contributed by atoms with Crippen LogP contribution in [0.15, 0.2) is 83.9 Å². The SMILES string of the molecule is Cl.Cl.NC[C@]1(c2cccc(Cl)c2)CC[C@H](n2nc(-c3cnn(Cc4ccccc4)c3)ccc2=O)CC1. The highest BCUT2D eigenvalue weighted by molar-refractivity contribution is 6.30. The maximum absolute atomic E-state index is 12.7. The van der Waals surface area contributed by atoms with Gasteiger partial charge in [0.05, 0.1) is 24.5 Å². The monoisotopic (exact) mass is 545 g/mol. The second-order valence-corrected chi connectivity index (χ2v) is 9.58. The second kappa shape index (κ2) is 12.1. The van der Waals surface area contributed by atoms with Crippen molar-refractivity contribution >= 4 is 36.4 Å². The average Bonchev–Trinajstić information content (AvgIpc) is 3.33. The van der Waals surface area contributed by atoms with Gasteiger partial charge in [0.1, 0.15) is 0 Å². The Labute approximate surface area is 228 Å². The Balaban J connectivity index is 0.00000180. The summed E-state index contributed by atoms with van der Waals surface area (Å²) < 4.78 is 3.55. The molecule has 0 saturated heterocycles. The first-order valence-electron chi connectivity index (χ1n) is 11.7. The number of aromatic nitrogens is 4. The van der Waals surface area contributed by atoms with Crippen molar-refractivity contribution < 1.29 is 0 Å². The van der Waals surface area contributed by atoms with Crippen molar-refractivity contribution in [1.82, 2.24) is 19.6 Å². The smallest absolute Gasteiger partial charge is 0.267 e. The molecule has 6 nitrogen and oxygen atoms in total. The maximum Gasteiger partial charge on any atom is 0.267 e. The number of benzene rings is 2. The van der Waals surface area contributed by atoms with Crippen LogP contribution in [0.5, 0.6) is 0 Å². The molecule has 2 heterocycles. The van der Waals surface area contributed by atoms with E-state index < -0.39 is 0 Å². The predicted octanol–water partition coefficient (Wildman–Crippen LogP) is 5.66. The Hall–Kier alpha value is -2.64. The first-order chi connectivity index (χ1) is 16.6. The maximum atomic E-state index is 12.7. The van der Waals surface area contributed by atoms with Gasteiger partial charge in [-0.15, -0.1) is 24.8 Å². The van der Waals surface area contributed by atoms with Gasteiger partial charge in [-0.25, -0.2) is 4.68 Å². The summed E-state index contributed by atoms with van der Waals surface area (Å²) in [5, 5.41) is 9.96. The Morgan fingerprint density at radius 3 is 2.44 bits per heavy atom. The second-order valence-electron chi connectivity index (χ2n) is 9.14. The summed E-state index contributed by atoms with van der Waals surface area (Å²) in [5.74, 6) is 0. The fourth-order valence-corrected chi connectivity index (χ4v) is 5.21. The van der Waals surface area contributed by atoms with Crippen LogP contribution < -0.4 is 11.3 Å². The normalized spacial score (nSPS) is 19.2. The third-order valence-electron chi connectivity index (χ3n) is 7.03. The number of hydrogen-bond acceptors (Lipinski definition) is 4. The molecule has 0 unspecified atom stereocenters. The van der Waals surface area contributed by atoms with Crippen LogP contribution in [0.1, 0.15) is 42.9 Å². The van der Waals surface area contributed by atoms with E-state index >= 15 is 0 Å². The van der Waals surface area contributed by atoms with E-state index in [4.69, 9.17) is 22.4 Å². The van der Waals surface area contributed by atoms with Gasteiger partial charge in [0, 0.05) is 34.8 Å². The Morgan fingerprint density at radius 2 is 1.75 bits per heavy atom. The minimum Gasteiger partial charge on any atom is -0.330 e. The lowest BCUT2D eigenvalue weighted by Gasteiger charge is -2.40. The molecule has 4 aromatic rings. The summed E-state index contributed by atoms with van der Waals surface area (Å²) in [6.07, 6.45) is 7.24. The summed E-state index contributed by atoms with van der Waals surface area (Å²) in [4.78, 5) is 12.7. The zero-order chi connectivity index (χ0) is 23.5. The van der Waals surface area contributed by atoms with Crippen LogP contribution in [0.2, 0.25) is 5.02 Å².